The summed E-state index contributed by atoms with van der Waals surface area (Å²) in [7, 11) is 0. The van der Waals surface area contributed by atoms with Crippen molar-refractivity contribution in [1.29, 1.82) is 0 Å². The zero-order valence-corrected chi connectivity index (χ0v) is 10.5. The molecule has 0 unspecified atom stereocenters. The average molecular weight is 236 g/mol. The van der Waals surface area contributed by atoms with Gasteiger partial charge in [-0.05, 0) is 43.5 Å². The van der Waals surface area contributed by atoms with Gasteiger partial charge in [-0.1, -0.05) is 18.6 Å². The lowest BCUT2D eigenvalue weighted by Crippen LogP contribution is -2.43. The van der Waals surface area contributed by atoms with Crippen molar-refractivity contribution in [2.24, 2.45) is 5.73 Å². The summed E-state index contributed by atoms with van der Waals surface area (Å²) >= 11 is 0. The second-order valence-electron chi connectivity index (χ2n) is 4.94. The van der Waals surface area contributed by atoms with Gasteiger partial charge in [0.2, 0.25) is 0 Å². The van der Waals surface area contributed by atoms with E-state index in [4.69, 9.17) is 5.73 Å². The van der Waals surface area contributed by atoms with E-state index in [2.05, 4.69) is 4.90 Å². The minimum atomic E-state index is -0.108. The summed E-state index contributed by atoms with van der Waals surface area (Å²) in [4.78, 5) is 2.38. The fourth-order valence-corrected chi connectivity index (χ4v) is 2.50. The van der Waals surface area contributed by atoms with Crippen molar-refractivity contribution in [3.63, 3.8) is 0 Å². The van der Waals surface area contributed by atoms with Gasteiger partial charge >= 0.3 is 0 Å². The van der Waals surface area contributed by atoms with Crippen molar-refractivity contribution in [2.75, 3.05) is 13.1 Å². The van der Waals surface area contributed by atoms with Gasteiger partial charge in [-0.15, -0.1) is 0 Å². The first kappa shape index (κ1) is 12.5. The van der Waals surface area contributed by atoms with E-state index in [-0.39, 0.29) is 5.82 Å². The molecule has 1 atom stereocenters. The molecule has 1 aromatic rings. The van der Waals surface area contributed by atoms with Crippen LogP contribution >= 0.6 is 0 Å². The van der Waals surface area contributed by atoms with Crippen LogP contribution in [0.5, 0.6) is 0 Å². The molecule has 0 aliphatic carbocycles. The third-order valence-corrected chi connectivity index (χ3v) is 3.64. The van der Waals surface area contributed by atoms with Gasteiger partial charge in [0.1, 0.15) is 5.82 Å². The Hall–Kier alpha value is -0.930. The van der Waals surface area contributed by atoms with Crippen LogP contribution in [-0.2, 0) is 6.54 Å². The molecular weight excluding hydrogens is 215 g/mol. The van der Waals surface area contributed by atoms with E-state index >= 15 is 0 Å². The predicted molar refractivity (Wildman–Crippen MR) is 68.2 cm³/mol. The number of nitrogens with zero attached hydrogens (tertiary/aromatic N) is 1. The Morgan fingerprint density at radius 1 is 1.41 bits per heavy atom. The summed E-state index contributed by atoms with van der Waals surface area (Å²) in [6, 6.07) is 5.98. The van der Waals surface area contributed by atoms with Gasteiger partial charge in [0.05, 0.1) is 0 Å². The van der Waals surface area contributed by atoms with Crippen LogP contribution in [0.25, 0.3) is 0 Å². The summed E-state index contributed by atoms with van der Waals surface area (Å²) < 4.78 is 13.5. The third kappa shape index (κ3) is 3.05. The predicted octanol–water partition coefficient (Wildman–Crippen LogP) is 2.45. The number of rotatable bonds is 3. The molecule has 0 saturated carbocycles. The number of hydrogen-bond acceptors (Lipinski definition) is 2. The normalized spacial score (nSPS) is 21.7. The van der Waals surface area contributed by atoms with Crippen LogP contribution in [0.1, 0.15) is 30.4 Å². The Morgan fingerprint density at radius 2 is 2.24 bits per heavy atom. The minimum Gasteiger partial charge on any atom is -0.329 e. The first-order chi connectivity index (χ1) is 8.20. The van der Waals surface area contributed by atoms with Crippen LogP contribution in [0.4, 0.5) is 4.39 Å². The summed E-state index contributed by atoms with van der Waals surface area (Å²) in [6.07, 6.45) is 3.66. The Labute approximate surface area is 103 Å². The second-order valence-corrected chi connectivity index (χ2v) is 4.94. The largest absolute Gasteiger partial charge is 0.329 e. The molecule has 1 fully saturated rings. The number of halogens is 1. The van der Waals surface area contributed by atoms with Gasteiger partial charge in [0, 0.05) is 19.1 Å². The maximum absolute atomic E-state index is 13.5. The van der Waals surface area contributed by atoms with Crippen LogP contribution < -0.4 is 5.73 Å². The highest BCUT2D eigenvalue weighted by atomic mass is 19.1. The minimum absolute atomic E-state index is 0.108. The molecule has 1 heterocycles. The Bertz CT molecular complexity index is 378. The van der Waals surface area contributed by atoms with Crippen LogP contribution in [-0.4, -0.2) is 24.0 Å². The van der Waals surface area contributed by atoms with Crippen molar-refractivity contribution in [3.8, 4) is 0 Å². The highest BCUT2D eigenvalue weighted by Gasteiger charge is 2.20. The van der Waals surface area contributed by atoms with Crippen molar-refractivity contribution in [2.45, 2.75) is 38.8 Å². The average Bonchev–Trinajstić information content (AvgIpc) is 2.34. The van der Waals surface area contributed by atoms with E-state index in [1.165, 1.54) is 19.3 Å². The second kappa shape index (κ2) is 5.61. The molecule has 0 aromatic heterocycles. The number of piperidine rings is 1. The molecule has 1 aromatic carbocycles. The molecule has 2 N–H and O–H groups in total. The van der Waals surface area contributed by atoms with Crippen molar-refractivity contribution < 1.29 is 4.39 Å². The Kier molecular flexibility index (Phi) is 4.13. The SMILES string of the molecule is Cc1ccc(CN2CCCC[C@H]2CN)cc1F. The van der Waals surface area contributed by atoms with Gasteiger partial charge < -0.3 is 5.73 Å². The molecule has 94 valence electrons. The molecule has 0 bridgehead atoms. The van der Waals surface area contributed by atoms with Crippen LogP contribution in [0.15, 0.2) is 18.2 Å². The van der Waals surface area contributed by atoms with Crippen molar-refractivity contribution in [1.82, 2.24) is 4.90 Å². The number of hydrogen-bond donors (Lipinski definition) is 1. The van der Waals surface area contributed by atoms with Crippen LogP contribution in [0.2, 0.25) is 0 Å². The van der Waals surface area contributed by atoms with E-state index in [0.29, 0.717) is 18.2 Å². The summed E-state index contributed by atoms with van der Waals surface area (Å²) in [5, 5.41) is 0. The van der Waals surface area contributed by atoms with E-state index < -0.39 is 0 Å². The van der Waals surface area contributed by atoms with E-state index in [0.717, 1.165) is 18.7 Å². The molecule has 1 aliphatic rings. The number of likely N-dealkylation sites (tertiary alicyclic amines) is 1. The van der Waals surface area contributed by atoms with Gasteiger partial charge in [-0.25, -0.2) is 4.39 Å². The van der Waals surface area contributed by atoms with Gasteiger partial charge in [-0.2, -0.15) is 0 Å². The maximum atomic E-state index is 13.5. The van der Waals surface area contributed by atoms with E-state index in [9.17, 15) is 4.39 Å². The topological polar surface area (TPSA) is 29.3 Å². The van der Waals surface area contributed by atoms with Crippen LogP contribution in [0.3, 0.4) is 0 Å². The molecule has 0 amide bonds. The number of nitrogens with two attached hydrogens (primary N) is 1. The lowest BCUT2D eigenvalue weighted by molar-refractivity contribution is 0.144. The molecule has 0 spiro atoms. The fraction of sp³-hybridized carbons (Fsp3) is 0.571. The molecule has 1 saturated heterocycles. The molecule has 3 heteroatoms. The first-order valence-electron chi connectivity index (χ1n) is 6.40. The molecular formula is C14H21FN2. The van der Waals surface area contributed by atoms with Crippen molar-refractivity contribution >= 4 is 0 Å². The monoisotopic (exact) mass is 236 g/mol. The van der Waals surface area contributed by atoms with E-state index in [1.54, 1.807) is 13.0 Å². The first-order valence-corrected chi connectivity index (χ1v) is 6.40. The zero-order valence-electron chi connectivity index (χ0n) is 10.5. The molecule has 2 nitrogen and oxygen atoms in total. The Morgan fingerprint density at radius 3 is 2.94 bits per heavy atom. The number of benzene rings is 1. The third-order valence-electron chi connectivity index (χ3n) is 3.64. The summed E-state index contributed by atoms with van der Waals surface area (Å²) in [6.45, 7) is 4.40. The van der Waals surface area contributed by atoms with Crippen LogP contribution in [0, 0.1) is 12.7 Å². The molecule has 1 aliphatic heterocycles. The quantitative estimate of drug-likeness (QED) is 0.873. The lowest BCUT2D eigenvalue weighted by atomic mass is 10.0. The van der Waals surface area contributed by atoms with Crippen molar-refractivity contribution in [3.05, 3.63) is 35.1 Å². The molecule has 2 rings (SSSR count). The van der Waals surface area contributed by atoms with Gasteiger partial charge in [-0.3, -0.25) is 4.90 Å². The standard InChI is InChI=1S/C14H21FN2/c1-11-5-6-12(8-14(11)15)10-17-7-3-2-4-13(17)9-16/h5-6,8,13H,2-4,7,9-10,16H2,1H3/t13-/m0/s1. The van der Waals surface area contributed by atoms with Gasteiger partial charge in [0.15, 0.2) is 0 Å². The smallest absolute Gasteiger partial charge is 0.126 e. The van der Waals surface area contributed by atoms with E-state index in [1.807, 2.05) is 12.1 Å². The maximum Gasteiger partial charge on any atom is 0.126 e. The molecule has 17 heavy (non-hydrogen) atoms. The Balaban J connectivity index is 2.05. The fourth-order valence-electron chi connectivity index (χ4n) is 2.50. The highest BCUT2D eigenvalue weighted by Crippen LogP contribution is 2.19. The van der Waals surface area contributed by atoms with Gasteiger partial charge in [0.25, 0.3) is 0 Å². The summed E-state index contributed by atoms with van der Waals surface area (Å²) in [5.41, 5.74) is 7.55. The molecule has 0 radical (unpaired) electrons. The zero-order chi connectivity index (χ0) is 12.3. The summed E-state index contributed by atoms with van der Waals surface area (Å²) in [5.74, 6) is -0.108. The number of aryl methyl sites for hydroxylation is 1. The lowest BCUT2D eigenvalue weighted by Gasteiger charge is -2.35. The highest BCUT2D eigenvalue weighted by molar-refractivity contribution is 5.23.